The molecule has 2 aromatic carbocycles. The zero-order valence-electron chi connectivity index (χ0n) is 16.0. The van der Waals surface area contributed by atoms with Crippen LogP contribution in [0.3, 0.4) is 0 Å². The van der Waals surface area contributed by atoms with Crippen molar-refractivity contribution in [2.75, 3.05) is 12.4 Å². The highest BCUT2D eigenvalue weighted by molar-refractivity contribution is 7.99. The summed E-state index contributed by atoms with van der Waals surface area (Å²) in [4.78, 5) is 20.7. The first-order valence-electron chi connectivity index (χ1n) is 9.07. The molecule has 0 unspecified atom stereocenters. The Morgan fingerprint density at radius 2 is 1.79 bits per heavy atom. The highest BCUT2D eigenvalue weighted by atomic mass is 32.2. The minimum Gasteiger partial charge on any atom is -0.493 e. The fourth-order valence-electron chi connectivity index (χ4n) is 3.02. The molecule has 1 N–H and O–H groups in total. The lowest BCUT2D eigenvalue weighted by atomic mass is 10.1. The molecule has 4 aromatic rings. The van der Waals surface area contributed by atoms with Crippen LogP contribution in [0.2, 0.25) is 0 Å². The Labute approximate surface area is 170 Å². The van der Waals surface area contributed by atoms with Gasteiger partial charge in [-0.15, -0.1) is 0 Å². The van der Waals surface area contributed by atoms with E-state index in [1.54, 1.807) is 16.6 Å². The fourth-order valence-corrected chi connectivity index (χ4v) is 3.79. The van der Waals surface area contributed by atoms with Crippen molar-refractivity contribution in [3.8, 4) is 17.1 Å². The maximum absolute atomic E-state index is 13.2. The monoisotopic (exact) mass is 410 g/mol. The number of fused-ring (bicyclic) bond motifs is 1. The normalized spacial score (nSPS) is 11.1. The van der Waals surface area contributed by atoms with Gasteiger partial charge in [0.2, 0.25) is 0 Å². The summed E-state index contributed by atoms with van der Waals surface area (Å²) in [5.41, 5.74) is 3.18. The van der Waals surface area contributed by atoms with Gasteiger partial charge < -0.3 is 4.74 Å². The van der Waals surface area contributed by atoms with E-state index in [9.17, 15) is 9.18 Å². The average Bonchev–Trinajstić information content (AvgIpc) is 3.05. The first kappa shape index (κ1) is 19.2. The zero-order valence-corrected chi connectivity index (χ0v) is 16.8. The molecule has 0 aliphatic heterocycles. The van der Waals surface area contributed by atoms with E-state index < -0.39 is 0 Å². The van der Waals surface area contributed by atoms with E-state index in [-0.39, 0.29) is 11.4 Å². The third kappa shape index (κ3) is 4.48. The van der Waals surface area contributed by atoms with Crippen LogP contribution in [0.15, 0.2) is 58.5 Å². The van der Waals surface area contributed by atoms with Crippen LogP contribution in [0.4, 0.5) is 4.39 Å². The van der Waals surface area contributed by atoms with Gasteiger partial charge in [-0.2, -0.15) is 0 Å². The van der Waals surface area contributed by atoms with Crippen molar-refractivity contribution in [1.29, 1.82) is 0 Å². The van der Waals surface area contributed by atoms with Crippen LogP contribution in [0, 0.1) is 19.7 Å². The summed E-state index contributed by atoms with van der Waals surface area (Å²) in [6.45, 7) is 4.55. The van der Waals surface area contributed by atoms with Gasteiger partial charge in [0.1, 0.15) is 11.6 Å². The number of thioether (sulfide) groups is 1. The second-order valence-corrected chi connectivity index (χ2v) is 7.73. The van der Waals surface area contributed by atoms with E-state index >= 15 is 0 Å². The molecule has 148 valence electrons. The Hall–Kier alpha value is -3.13. The molecule has 0 saturated carbocycles. The number of hydrogen-bond donors (Lipinski definition) is 1. The van der Waals surface area contributed by atoms with Crippen molar-refractivity contribution < 1.29 is 9.13 Å². The summed E-state index contributed by atoms with van der Waals surface area (Å²) < 4.78 is 20.6. The van der Waals surface area contributed by atoms with Gasteiger partial charge in [0.25, 0.3) is 5.56 Å². The summed E-state index contributed by atoms with van der Waals surface area (Å²) in [5.74, 6) is 1.56. The second kappa shape index (κ2) is 8.08. The number of halogens is 1. The molecule has 2 heterocycles. The van der Waals surface area contributed by atoms with Crippen LogP contribution < -0.4 is 10.3 Å². The molecule has 0 atom stereocenters. The molecule has 2 aromatic heterocycles. The van der Waals surface area contributed by atoms with E-state index in [1.807, 2.05) is 26.0 Å². The van der Waals surface area contributed by atoms with Crippen molar-refractivity contribution in [3.63, 3.8) is 0 Å². The average molecular weight is 410 g/mol. The molecule has 4 rings (SSSR count). The van der Waals surface area contributed by atoms with E-state index in [0.717, 1.165) is 16.9 Å². The number of aromatic nitrogens is 4. The van der Waals surface area contributed by atoms with Crippen molar-refractivity contribution in [3.05, 3.63) is 75.8 Å². The summed E-state index contributed by atoms with van der Waals surface area (Å²) in [7, 11) is 0. The minimum absolute atomic E-state index is 0.260. The quantitative estimate of drug-likeness (QED) is 0.384. The van der Waals surface area contributed by atoms with Gasteiger partial charge in [-0.25, -0.2) is 18.9 Å². The van der Waals surface area contributed by atoms with Gasteiger partial charge in [-0.3, -0.25) is 9.89 Å². The molecule has 0 radical (unpaired) electrons. The highest BCUT2D eigenvalue weighted by Crippen LogP contribution is 2.22. The lowest BCUT2D eigenvalue weighted by Crippen LogP contribution is -2.07. The van der Waals surface area contributed by atoms with Gasteiger partial charge >= 0.3 is 0 Å². The van der Waals surface area contributed by atoms with Crippen LogP contribution >= 0.6 is 11.8 Å². The Morgan fingerprint density at radius 1 is 1.07 bits per heavy atom. The Balaban J connectivity index is 1.54. The molecule has 0 fully saturated rings. The number of hydrogen-bond acceptors (Lipinski definition) is 5. The van der Waals surface area contributed by atoms with Gasteiger partial charge in [0, 0.05) is 17.4 Å². The number of nitrogens with zero attached hydrogens (tertiary/aromatic N) is 3. The van der Waals surface area contributed by atoms with Crippen molar-refractivity contribution in [2.24, 2.45) is 0 Å². The number of benzene rings is 2. The highest BCUT2D eigenvalue weighted by Gasteiger charge is 2.12. The van der Waals surface area contributed by atoms with Crippen molar-refractivity contribution in [2.45, 2.75) is 19.0 Å². The van der Waals surface area contributed by atoms with Gasteiger partial charge in [-0.05, 0) is 61.4 Å². The smallest absolute Gasteiger partial charge is 0.266 e. The first-order valence-corrected chi connectivity index (χ1v) is 10.1. The summed E-state index contributed by atoms with van der Waals surface area (Å²) in [6.07, 6.45) is 0. The predicted molar refractivity (Wildman–Crippen MR) is 111 cm³/mol. The largest absolute Gasteiger partial charge is 0.493 e. The van der Waals surface area contributed by atoms with Crippen LogP contribution in [-0.4, -0.2) is 31.9 Å². The number of aryl methyl sites for hydroxylation is 2. The van der Waals surface area contributed by atoms with Crippen LogP contribution in [0.5, 0.6) is 5.75 Å². The Morgan fingerprint density at radius 3 is 2.52 bits per heavy atom. The Bertz CT molecular complexity index is 1200. The van der Waals surface area contributed by atoms with Crippen LogP contribution in [-0.2, 0) is 0 Å². The number of rotatable bonds is 6. The van der Waals surface area contributed by atoms with Crippen LogP contribution in [0.25, 0.3) is 17.0 Å². The Kier molecular flexibility index (Phi) is 5.35. The maximum Gasteiger partial charge on any atom is 0.266 e. The molecular weight excluding hydrogens is 391 g/mol. The molecular formula is C21H19FN4O2S. The summed E-state index contributed by atoms with van der Waals surface area (Å²) in [5, 5.41) is 3.29. The van der Waals surface area contributed by atoms with Gasteiger partial charge in [0.15, 0.2) is 16.6 Å². The molecule has 8 heteroatoms. The molecule has 29 heavy (non-hydrogen) atoms. The number of H-pyrrole nitrogens is 1. The summed E-state index contributed by atoms with van der Waals surface area (Å²) in [6, 6.07) is 13.4. The molecule has 0 aliphatic carbocycles. The van der Waals surface area contributed by atoms with E-state index in [2.05, 4.69) is 21.1 Å². The number of ether oxygens (including phenoxy) is 1. The topological polar surface area (TPSA) is 72.3 Å². The van der Waals surface area contributed by atoms with E-state index in [1.165, 1.54) is 30.0 Å². The van der Waals surface area contributed by atoms with E-state index in [4.69, 9.17) is 4.74 Å². The minimum atomic E-state index is -0.328. The predicted octanol–water partition coefficient (Wildman–Crippen LogP) is 4.01. The molecule has 0 amide bonds. The fraction of sp³-hybridized carbons (Fsp3) is 0.190. The third-order valence-corrected chi connectivity index (χ3v) is 5.11. The van der Waals surface area contributed by atoms with Crippen molar-refractivity contribution >= 4 is 17.4 Å². The first-order chi connectivity index (χ1) is 14.0. The second-order valence-electron chi connectivity index (χ2n) is 6.67. The molecule has 0 aliphatic rings. The molecule has 6 nitrogen and oxygen atoms in total. The SMILES string of the molecule is Cc1cc(C)cc(OCCSc2nc(-c3ccc(F)cc3)nc3cc(=O)[nH]n23)c1. The lowest BCUT2D eigenvalue weighted by Gasteiger charge is -2.09. The zero-order chi connectivity index (χ0) is 20.4. The molecule has 0 saturated heterocycles. The molecule has 0 bridgehead atoms. The maximum atomic E-state index is 13.2. The van der Waals surface area contributed by atoms with Gasteiger partial charge in [0.05, 0.1) is 6.61 Å². The van der Waals surface area contributed by atoms with E-state index in [0.29, 0.717) is 34.6 Å². The number of nitrogens with one attached hydrogen (secondary N) is 1. The lowest BCUT2D eigenvalue weighted by molar-refractivity contribution is 0.343. The van der Waals surface area contributed by atoms with Gasteiger partial charge in [-0.1, -0.05) is 17.8 Å². The molecule has 0 spiro atoms. The summed E-state index contributed by atoms with van der Waals surface area (Å²) >= 11 is 1.45. The standard InChI is InChI=1S/C21H19FN4O2S/c1-13-9-14(2)11-17(10-13)28-7-8-29-21-24-20(15-3-5-16(22)6-4-15)23-18-12-19(27)25-26(18)21/h3-6,9-12H,7-8H2,1-2H3,(H,25,27). The van der Waals surface area contributed by atoms with Crippen LogP contribution in [0.1, 0.15) is 11.1 Å². The third-order valence-electron chi connectivity index (χ3n) is 4.21. The number of aromatic amines is 1. The van der Waals surface area contributed by atoms with Crippen molar-refractivity contribution in [1.82, 2.24) is 19.6 Å².